The number of carbonyl (C=O) groups excluding carboxylic acids is 3. The van der Waals surface area contributed by atoms with Crippen LogP contribution in [0, 0.1) is 0 Å². The van der Waals surface area contributed by atoms with Gasteiger partial charge in [-0.15, -0.1) is 0 Å². The number of aliphatic hydroxyl groups excluding tert-OH is 1. The number of thiol groups is 3. The number of nitrogens with two attached hydrogens (primary N) is 4. The van der Waals surface area contributed by atoms with Crippen LogP contribution in [0.15, 0.2) is 48.8 Å². The van der Waals surface area contributed by atoms with Gasteiger partial charge in [-0.1, -0.05) is 12.1 Å². The van der Waals surface area contributed by atoms with Crippen molar-refractivity contribution in [2.45, 2.75) is 81.4 Å². The van der Waals surface area contributed by atoms with E-state index in [-0.39, 0.29) is 49.6 Å². The molecule has 0 radical (unpaired) electrons. The number of carboxylic acids is 6. The van der Waals surface area contributed by atoms with Crippen LogP contribution in [0.2, 0.25) is 0 Å². The average molecular weight is 955 g/mol. The van der Waals surface area contributed by atoms with Crippen molar-refractivity contribution in [3.8, 4) is 11.4 Å². The van der Waals surface area contributed by atoms with Gasteiger partial charge in [-0.05, 0) is 44.5 Å². The Hall–Kier alpha value is -5.42. The van der Waals surface area contributed by atoms with Crippen LogP contribution in [-0.2, 0) is 43.2 Å². The number of hydrogen-bond donors (Lipinski definition) is 16. The van der Waals surface area contributed by atoms with E-state index in [0.717, 1.165) is 11.4 Å². The molecule has 17 N–H and O–H groups in total. The predicted octanol–water partition coefficient (Wildman–Crippen LogP) is -1.80. The van der Waals surface area contributed by atoms with Gasteiger partial charge in [-0.2, -0.15) is 37.9 Å². The van der Waals surface area contributed by atoms with Crippen LogP contribution in [0.3, 0.4) is 0 Å². The van der Waals surface area contributed by atoms with E-state index in [1.54, 1.807) is 26.2 Å². The number of aromatic nitrogens is 2. The maximum atomic E-state index is 11.6. The number of carbonyl (C=O) groups is 9. The molecule has 0 aliphatic rings. The van der Waals surface area contributed by atoms with Crippen LogP contribution in [0.25, 0.3) is 11.4 Å². The van der Waals surface area contributed by atoms with Gasteiger partial charge in [-0.3, -0.25) is 48.3 Å². The SMILES string of the molecule is CC(=O)NC(CS)C(=O)O.CC(C)(S)C(N)C(=O)O.NC(CCC(=O)NC(CS)C(=O)CCC(=O)O)C(=O)O.NC(CO)C(=O)O.NCC(=O)O.c1ccc(-c2ccccn2)nc1. The van der Waals surface area contributed by atoms with Gasteiger partial charge in [0.15, 0.2) is 5.78 Å². The van der Waals surface area contributed by atoms with Crippen molar-refractivity contribution in [2.24, 2.45) is 22.9 Å². The Labute approximate surface area is 378 Å². The minimum atomic E-state index is -1.21. The normalized spacial score (nSPS) is 12.2. The van der Waals surface area contributed by atoms with Crippen LogP contribution >= 0.6 is 37.9 Å². The van der Waals surface area contributed by atoms with Gasteiger partial charge < -0.3 is 69.3 Å². The molecule has 2 rings (SSSR count). The van der Waals surface area contributed by atoms with Gasteiger partial charge in [0.2, 0.25) is 11.8 Å². The minimum absolute atomic E-state index is 0.0369. The van der Waals surface area contributed by atoms with Crippen LogP contribution in [0.4, 0.5) is 0 Å². The van der Waals surface area contributed by atoms with Crippen molar-refractivity contribution in [1.82, 2.24) is 20.6 Å². The zero-order valence-corrected chi connectivity index (χ0v) is 37.2. The number of Topliss-reactive ketones (excluding diaryl/α,β-unsaturated/α-hetero) is 1. The molecule has 24 nitrogen and oxygen atoms in total. The average Bonchev–Trinajstić information content (AvgIpc) is 3.23. The van der Waals surface area contributed by atoms with Gasteiger partial charge in [-0.25, -0.2) is 4.79 Å². The molecule has 2 heterocycles. The summed E-state index contributed by atoms with van der Waals surface area (Å²) < 4.78 is -0.647. The first-order valence-corrected chi connectivity index (χ1v) is 19.6. The summed E-state index contributed by atoms with van der Waals surface area (Å²) in [5, 5.41) is 61.8. The molecular weight excluding hydrogens is 897 g/mol. The molecular formula is C36H58N8O16S3. The lowest BCUT2D eigenvalue weighted by molar-refractivity contribution is -0.141. The highest BCUT2D eigenvalue weighted by Crippen LogP contribution is 2.15. The lowest BCUT2D eigenvalue weighted by atomic mass is 10.1. The Morgan fingerprint density at radius 2 is 1.11 bits per heavy atom. The molecule has 2 amide bonds. The topological polar surface area (TPSA) is 449 Å². The van der Waals surface area contributed by atoms with E-state index < -0.39 is 89.1 Å². The van der Waals surface area contributed by atoms with Crippen molar-refractivity contribution < 1.29 is 78.9 Å². The Kier molecular flexibility index (Phi) is 37.9. The van der Waals surface area contributed by atoms with E-state index >= 15 is 0 Å². The fourth-order valence-corrected chi connectivity index (χ4v) is 3.80. The number of pyridine rings is 2. The summed E-state index contributed by atoms with van der Waals surface area (Å²) in [4.78, 5) is 102. The van der Waals surface area contributed by atoms with Gasteiger partial charge >= 0.3 is 35.8 Å². The van der Waals surface area contributed by atoms with Gasteiger partial charge in [0.1, 0.15) is 24.2 Å². The summed E-state index contributed by atoms with van der Waals surface area (Å²) in [5.74, 6) is -7.71. The second-order valence-corrected chi connectivity index (χ2v) is 14.4. The molecule has 5 atom stereocenters. The highest BCUT2D eigenvalue weighted by molar-refractivity contribution is 7.81. The van der Waals surface area contributed by atoms with Crippen molar-refractivity contribution in [3.63, 3.8) is 0 Å². The highest BCUT2D eigenvalue weighted by Gasteiger charge is 2.27. The Balaban J connectivity index is -0.000000351. The van der Waals surface area contributed by atoms with Crippen molar-refractivity contribution >= 4 is 91.3 Å². The zero-order chi connectivity index (χ0) is 49.9. The van der Waals surface area contributed by atoms with Gasteiger partial charge in [0, 0.05) is 48.4 Å². The molecule has 5 unspecified atom stereocenters. The summed E-state index contributed by atoms with van der Waals surface area (Å²) in [7, 11) is 0. The molecule has 0 saturated carbocycles. The first-order valence-electron chi connectivity index (χ1n) is 17.9. The van der Waals surface area contributed by atoms with Crippen LogP contribution < -0.4 is 33.6 Å². The van der Waals surface area contributed by atoms with Gasteiger partial charge in [0.25, 0.3) is 0 Å². The summed E-state index contributed by atoms with van der Waals surface area (Å²) in [6, 6.07) is 6.67. The third-order valence-electron chi connectivity index (χ3n) is 6.66. The lowest BCUT2D eigenvalue weighted by Gasteiger charge is -2.21. The number of aliphatic hydroxyl groups is 1. The predicted molar refractivity (Wildman–Crippen MR) is 237 cm³/mol. The first kappa shape index (κ1) is 64.2. The largest absolute Gasteiger partial charge is 0.481 e. The molecule has 356 valence electrons. The number of ketones is 1. The molecule has 0 aliphatic carbocycles. The summed E-state index contributed by atoms with van der Waals surface area (Å²) in [5.41, 5.74) is 21.6. The molecule has 2 aromatic heterocycles. The number of carboxylic acid groups (broad SMARTS) is 6. The minimum Gasteiger partial charge on any atom is -0.481 e. The molecule has 0 bridgehead atoms. The van der Waals surface area contributed by atoms with E-state index in [0.29, 0.717) is 0 Å². The van der Waals surface area contributed by atoms with Crippen LogP contribution in [0.1, 0.15) is 46.5 Å². The molecule has 0 aliphatic heterocycles. The zero-order valence-electron chi connectivity index (χ0n) is 34.5. The Morgan fingerprint density at radius 1 is 0.667 bits per heavy atom. The van der Waals surface area contributed by atoms with E-state index in [2.05, 4.69) is 64.2 Å². The second kappa shape index (κ2) is 37.2. The number of hydrogen-bond acceptors (Lipinski definition) is 19. The third kappa shape index (κ3) is 38.0. The van der Waals surface area contributed by atoms with Crippen molar-refractivity contribution in [1.29, 1.82) is 0 Å². The molecule has 2 aromatic rings. The van der Waals surface area contributed by atoms with E-state index in [9.17, 15) is 43.2 Å². The molecule has 0 fully saturated rings. The summed E-state index contributed by atoms with van der Waals surface area (Å²) >= 11 is 11.6. The summed E-state index contributed by atoms with van der Waals surface area (Å²) in [6.45, 7) is 3.80. The number of rotatable bonds is 19. The number of amides is 2. The third-order valence-corrected chi connectivity index (χ3v) is 7.67. The molecule has 63 heavy (non-hydrogen) atoms. The van der Waals surface area contributed by atoms with E-state index in [1.165, 1.54) is 6.92 Å². The summed E-state index contributed by atoms with van der Waals surface area (Å²) in [6.07, 6.45) is 2.83. The fourth-order valence-electron chi connectivity index (χ4n) is 3.15. The highest BCUT2D eigenvalue weighted by atomic mass is 32.1. The molecule has 0 aromatic carbocycles. The van der Waals surface area contributed by atoms with Crippen LogP contribution in [-0.4, -0.2) is 159 Å². The first-order chi connectivity index (χ1) is 29.1. The number of nitrogens with zero attached hydrogens (tertiary/aromatic N) is 2. The van der Waals surface area contributed by atoms with Crippen molar-refractivity contribution in [3.05, 3.63) is 48.8 Å². The van der Waals surface area contributed by atoms with E-state index in [1.807, 2.05) is 36.4 Å². The van der Waals surface area contributed by atoms with Crippen LogP contribution in [0.5, 0.6) is 0 Å². The maximum Gasteiger partial charge on any atom is 0.327 e. The standard InChI is InChI=1S/C11H18N2O6S.C10H8N2.C5H9NO3S.C5H11NO2S.C3H7NO3.C2H5NO2/c12-6(11(18)19)1-3-9(15)13-7(5-20)8(14)2-4-10(16)17;1-3-7-11-9(5-1)10-6-2-4-8-12-10;1-3(7)6-4(2-10)5(8)9;1-5(2,9)3(6)4(7)8;4-2(1-5)3(6)7;3-1-2(4)5/h6-7,20H,1-5,12H2,(H,13,15)(H,16,17)(H,18,19);1-8H;4,10H,2H2,1H3,(H,6,7)(H,8,9);3,9H,6H2,1-2H3,(H,7,8);2,5H,1,4H2,(H,6,7);1,3H2,(H,4,5). The molecule has 27 heteroatoms. The molecule has 0 saturated heterocycles. The Bertz CT molecular complexity index is 1660. The Morgan fingerprint density at radius 3 is 1.33 bits per heavy atom. The van der Waals surface area contributed by atoms with E-state index in [4.69, 9.17) is 52.9 Å². The lowest BCUT2D eigenvalue weighted by Crippen LogP contribution is -2.45. The smallest absolute Gasteiger partial charge is 0.327 e. The maximum absolute atomic E-state index is 11.6. The fraction of sp³-hybridized carbons (Fsp3) is 0.472. The number of nitrogens with one attached hydrogen (secondary N) is 2. The quantitative estimate of drug-likeness (QED) is 0.0691. The second-order valence-electron chi connectivity index (χ2n) is 12.5. The number of aliphatic carboxylic acids is 6. The van der Waals surface area contributed by atoms with Crippen molar-refractivity contribution in [2.75, 3.05) is 24.7 Å². The monoisotopic (exact) mass is 954 g/mol. The molecule has 0 spiro atoms. The van der Waals surface area contributed by atoms with Gasteiger partial charge in [0.05, 0.1) is 37.0 Å².